The van der Waals surface area contributed by atoms with Crippen molar-refractivity contribution in [3.05, 3.63) is 41.7 Å². The van der Waals surface area contributed by atoms with Crippen LogP contribution in [-0.4, -0.2) is 40.9 Å². The van der Waals surface area contributed by atoms with E-state index in [1.807, 2.05) is 18.3 Å². The maximum Gasteiger partial charge on any atom is 0.251 e. The fourth-order valence-electron chi connectivity index (χ4n) is 3.59. The molecule has 104 valence electrons. The van der Waals surface area contributed by atoms with Crippen LogP contribution in [0.4, 0.5) is 0 Å². The van der Waals surface area contributed by atoms with Gasteiger partial charge in [-0.05, 0) is 50.1 Å². The van der Waals surface area contributed by atoms with Crippen LogP contribution in [-0.2, 0) is 0 Å². The number of aryl methyl sites for hydroxylation is 1. The first-order chi connectivity index (χ1) is 9.70. The Morgan fingerprint density at radius 3 is 2.95 bits per heavy atom. The van der Waals surface area contributed by atoms with Crippen LogP contribution >= 0.6 is 0 Å². The lowest BCUT2D eigenvalue weighted by atomic mass is 10.00. The van der Waals surface area contributed by atoms with Gasteiger partial charge in [-0.1, -0.05) is 0 Å². The number of amides is 1. The molecule has 4 heteroatoms. The third-order valence-corrected chi connectivity index (χ3v) is 4.77. The molecule has 2 unspecified atom stereocenters. The summed E-state index contributed by atoms with van der Waals surface area (Å²) in [4.78, 5) is 14.8. The summed E-state index contributed by atoms with van der Waals surface area (Å²) in [5.74, 6) is 0.711. The summed E-state index contributed by atoms with van der Waals surface area (Å²) in [6, 6.07) is 8.33. The number of pyridine rings is 1. The van der Waals surface area contributed by atoms with E-state index in [0.29, 0.717) is 12.0 Å². The molecular formula is C16H19N3O. The van der Waals surface area contributed by atoms with Crippen molar-refractivity contribution >= 4 is 11.4 Å². The molecule has 2 aromatic rings. The lowest BCUT2D eigenvalue weighted by Gasteiger charge is -2.23. The number of hydrogen-bond acceptors (Lipinski definition) is 2. The van der Waals surface area contributed by atoms with E-state index in [0.717, 1.165) is 24.2 Å². The van der Waals surface area contributed by atoms with Crippen LogP contribution in [0.5, 0.6) is 0 Å². The smallest absolute Gasteiger partial charge is 0.251 e. The van der Waals surface area contributed by atoms with Crippen molar-refractivity contribution in [2.24, 2.45) is 5.92 Å². The molecule has 2 aliphatic rings. The molecule has 4 heterocycles. The summed E-state index contributed by atoms with van der Waals surface area (Å²) < 4.78 is 2.10. The van der Waals surface area contributed by atoms with E-state index in [2.05, 4.69) is 33.7 Å². The first kappa shape index (κ1) is 12.0. The molecule has 1 N–H and O–H groups in total. The zero-order chi connectivity index (χ0) is 13.7. The van der Waals surface area contributed by atoms with Crippen molar-refractivity contribution in [2.75, 3.05) is 19.6 Å². The first-order valence-electron chi connectivity index (χ1n) is 7.32. The number of rotatable bonds is 2. The first-order valence-corrected chi connectivity index (χ1v) is 7.32. The summed E-state index contributed by atoms with van der Waals surface area (Å²) in [5.41, 5.74) is 3.02. The molecule has 2 bridgehead atoms. The van der Waals surface area contributed by atoms with E-state index >= 15 is 0 Å². The normalized spacial score (nSPS) is 28.1. The minimum atomic E-state index is 0.0603. The maximum absolute atomic E-state index is 12.4. The molecule has 0 saturated carbocycles. The minimum Gasteiger partial charge on any atom is -0.348 e. The number of carbonyl (C=O) groups excluding carboxylic acids is 1. The Labute approximate surface area is 118 Å². The second-order valence-corrected chi connectivity index (χ2v) is 6.07. The van der Waals surface area contributed by atoms with E-state index in [1.54, 1.807) is 0 Å². The molecule has 3 atom stereocenters. The molecule has 2 aliphatic heterocycles. The number of fused-ring (bicyclic) bond motifs is 3. The molecule has 0 aromatic carbocycles. The van der Waals surface area contributed by atoms with Crippen molar-refractivity contribution in [3.63, 3.8) is 0 Å². The number of piperidine rings is 1. The van der Waals surface area contributed by atoms with Gasteiger partial charge in [0.1, 0.15) is 0 Å². The largest absolute Gasteiger partial charge is 0.348 e. The van der Waals surface area contributed by atoms with Crippen molar-refractivity contribution in [3.8, 4) is 0 Å². The predicted molar refractivity (Wildman–Crippen MR) is 77.9 cm³/mol. The summed E-state index contributed by atoms with van der Waals surface area (Å²) in [5, 5.41) is 3.21. The highest BCUT2D eigenvalue weighted by molar-refractivity contribution is 5.95. The van der Waals surface area contributed by atoms with Crippen molar-refractivity contribution in [1.82, 2.24) is 14.6 Å². The number of hydrogen-bond donors (Lipinski definition) is 1. The Morgan fingerprint density at radius 1 is 1.30 bits per heavy atom. The summed E-state index contributed by atoms with van der Waals surface area (Å²) in [7, 11) is 0. The number of nitrogens with one attached hydrogen (secondary N) is 1. The van der Waals surface area contributed by atoms with Crippen molar-refractivity contribution in [1.29, 1.82) is 0 Å². The second kappa shape index (κ2) is 4.35. The van der Waals surface area contributed by atoms with Gasteiger partial charge < -0.3 is 14.6 Å². The van der Waals surface area contributed by atoms with Gasteiger partial charge in [-0.15, -0.1) is 0 Å². The summed E-state index contributed by atoms with van der Waals surface area (Å²) >= 11 is 0. The van der Waals surface area contributed by atoms with Gasteiger partial charge in [-0.25, -0.2) is 0 Å². The molecule has 20 heavy (non-hydrogen) atoms. The Kier molecular flexibility index (Phi) is 2.60. The Balaban J connectivity index is 1.54. The monoisotopic (exact) mass is 269 g/mol. The van der Waals surface area contributed by atoms with Crippen LogP contribution in [0.15, 0.2) is 30.5 Å². The topological polar surface area (TPSA) is 36.8 Å². The van der Waals surface area contributed by atoms with Gasteiger partial charge in [-0.3, -0.25) is 4.79 Å². The lowest BCUT2D eigenvalue weighted by molar-refractivity contribution is 0.0924. The van der Waals surface area contributed by atoms with Crippen LogP contribution in [0, 0.1) is 12.8 Å². The Hall–Kier alpha value is -1.81. The van der Waals surface area contributed by atoms with E-state index < -0.39 is 0 Å². The third-order valence-electron chi connectivity index (χ3n) is 4.77. The van der Waals surface area contributed by atoms with E-state index in [1.165, 1.54) is 18.7 Å². The third kappa shape index (κ3) is 1.83. The van der Waals surface area contributed by atoms with Crippen molar-refractivity contribution in [2.45, 2.75) is 19.4 Å². The van der Waals surface area contributed by atoms with E-state index in [9.17, 15) is 4.79 Å². The van der Waals surface area contributed by atoms with Crippen LogP contribution in [0.3, 0.4) is 0 Å². The summed E-state index contributed by atoms with van der Waals surface area (Å²) in [6.07, 6.45) is 3.20. The fraction of sp³-hybridized carbons (Fsp3) is 0.438. The van der Waals surface area contributed by atoms with Gasteiger partial charge in [0, 0.05) is 42.1 Å². The highest BCUT2D eigenvalue weighted by Crippen LogP contribution is 2.27. The van der Waals surface area contributed by atoms with Gasteiger partial charge >= 0.3 is 0 Å². The number of aromatic nitrogens is 1. The van der Waals surface area contributed by atoms with E-state index in [4.69, 9.17) is 0 Å². The fourth-order valence-corrected chi connectivity index (χ4v) is 3.59. The SMILES string of the molecule is Cc1ccc2cc(C(=O)NC3CN4CC[C@H]3C4)ccn12. The molecule has 1 amide bonds. The van der Waals surface area contributed by atoms with E-state index in [-0.39, 0.29) is 5.91 Å². The van der Waals surface area contributed by atoms with Crippen molar-refractivity contribution < 1.29 is 4.79 Å². The van der Waals surface area contributed by atoms with Gasteiger partial charge in [-0.2, -0.15) is 0 Å². The average Bonchev–Trinajstić information content (AvgIpc) is 3.14. The van der Waals surface area contributed by atoms with Crippen LogP contribution in [0.2, 0.25) is 0 Å². The average molecular weight is 269 g/mol. The molecule has 4 nitrogen and oxygen atoms in total. The quantitative estimate of drug-likeness (QED) is 0.900. The van der Waals surface area contributed by atoms with Crippen LogP contribution in [0.25, 0.3) is 5.52 Å². The lowest BCUT2D eigenvalue weighted by Crippen LogP contribution is -2.43. The zero-order valence-electron chi connectivity index (χ0n) is 11.7. The van der Waals surface area contributed by atoms with Crippen LogP contribution in [0.1, 0.15) is 22.5 Å². The second-order valence-electron chi connectivity index (χ2n) is 6.07. The maximum atomic E-state index is 12.4. The molecule has 0 radical (unpaired) electrons. The standard InChI is InChI=1S/C16H19N3O/c1-11-2-3-14-8-12(5-7-19(11)14)16(20)17-15-10-18-6-4-13(15)9-18/h2-3,5,7-8,13,15H,4,6,9-10H2,1H3,(H,17,20)/t13-,15?/m0/s1. The zero-order valence-corrected chi connectivity index (χ0v) is 11.7. The van der Waals surface area contributed by atoms with Gasteiger partial charge in [0.25, 0.3) is 5.91 Å². The molecule has 2 fully saturated rings. The van der Waals surface area contributed by atoms with Gasteiger partial charge in [0.2, 0.25) is 0 Å². The van der Waals surface area contributed by atoms with Gasteiger partial charge in [0.05, 0.1) is 0 Å². The molecule has 0 spiro atoms. The molecular weight excluding hydrogens is 250 g/mol. The predicted octanol–water partition coefficient (Wildman–Crippen LogP) is 1.68. The summed E-state index contributed by atoms with van der Waals surface area (Å²) in [6.45, 7) is 5.44. The Bertz CT molecular complexity index is 675. The van der Waals surface area contributed by atoms with Gasteiger partial charge in [0.15, 0.2) is 0 Å². The molecule has 2 saturated heterocycles. The molecule has 4 rings (SSSR count). The molecule has 0 aliphatic carbocycles. The Morgan fingerprint density at radius 2 is 2.20 bits per heavy atom. The number of carbonyl (C=O) groups is 1. The molecule has 2 aromatic heterocycles. The number of nitrogens with zero attached hydrogens (tertiary/aromatic N) is 2. The van der Waals surface area contributed by atoms with Crippen LogP contribution < -0.4 is 5.32 Å². The highest BCUT2D eigenvalue weighted by Gasteiger charge is 2.38. The minimum absolute atomic E-state index is 0.0603. The highest BCUT2D eigenvalue weighted by atomic mass is 16.1.